The van der Waals surface area contributed by atoms with Gasteiger partial charge in [-0.15, -0.1) is 0 Å². The highest BCUT2D eigenvalue weighted by Gasteiger charge is 2.46. The summed E-state index contributed by atoms with van der Waals surface area (Å²) in [5.41, 5.74) is 22.6. The highest BCUT2D eigenvalue weighted by atomic mass is 15.2. The van der Waals surface area contributed by atoms with Crippen LogP contribution >= 0.6 is 0 Å². The van der Waals surface area contributed by atoms with Crippen LogP contribution in [0.25, 0.3) is 77.2 Å². The van der Waals surface area contributed by atoms with Crippen LogP contribution in [0, 0.1) is 0 Å². The Morgan fingerprint density at radius 3 is 1.42 bits per heavy atom. The summed E-state index contributed by atoms with van der Waals surface area (Å²) >= 11 is 0. The maximum atomic E-state index is 2.62. The van der Waals surface area contributed by atoms with Crippen molar-refractivity contribution < 1.29 is 0 Å². The minimum atomic E-state index is -0.532. The van der Waals surface area contributed by atoms with Crippen molar-refractivity contribution in [1.29, 1.82) is 0 Å². The Balaban J connectivity index is 1.14. The van der Waals surface area contributed by atoms with Crippen LogP contribution < -0.4 is 4.90 Å². The molecule has 344 valence electrons. The number of nitrogens with zero attached hydrogens (tertiary/aromatic N) is 1. The molecule has 0 radical (unpaired) electrons. The number of hydrogen-bond acceptors (Lipinski definition) is 1. The number of rotatable bonds is 8. The zero-order valence-electron chi connectivity index (χ0n) is 40.9. The minimum absolute atomic E-state index is 0.122. The van der Waals surface area contributed by atoms with Crippen molar-refractivity contribution in [3.05, 3.63) is 306 Å². The van der Waals surface area contributed by atoms with Crippen molar-refractivity contribution in [3.8, 4) is 55.6 Å². The van der Waals surface area contributed by atoms with Crippen LogP contribution in [-0.4, -0.2) is 0 Å². The molecule has 0 amide bonds. The van der Waals surface area contributed by atoms with Gasteiger partial charge in [0, 0.05) is 27.6 Å². The largest absolute Gasteiger partial charge is 0.309 e. The quantitative estimate of drug-likeness (QED) is 0.137. The molecular weight excluding hydrogens is 879 g/mol. The standard InChI is InChI=1S/C72H51N/c1-71(2)63-39-21-19-34-57(63)61-46-50(42-44-64(61)71)69-59-36-17-15-32-55(59)56-33-16-18-37-60(56)70(69)73(67-41-23-38-54(48-24-7-3-8-25-48)68(67)49-26-9-4-10-27-49)53-43-45-66-62(47-53)58-35-20-22-40-65(58)72(66,51-28-11-5-12-29-51)52-30-13-6-14-31-52/h3-47H,1-2H3. The SMILES string of the molecule is CC1(C)c2ccccc2-c2cc(-c3c(N(c4ccc5c(c4)-c4ccccc4C5(c4ccccc4)c4ccccc4)c4cccc(-c5ccccc5)c4-c4ccccc4)c4ccccc4c4ccccc34)ccc21. The first-order valence-corrected chi connectivity index (χ1v) is 25.6. The third-order valence-electron chi connectivity index (χ3n) is 16.1. The molecular formula is C72H51N. The van der Waals surface area contributed by atoms with E-state index < -0.39 is 5.41 Å². The number of benzene rings is 12. The topological polar surface area (TPSA) is 3.24 Å². The fourth-order valence-electron chi connectivity index (χ4n) is 13.0. The fraction of sp³-hybridized carbons (Fsp3) is 0.0556. The molecule has 0 aliphatic heterocycles. The second kappa shape index (κ2) is 16.8. The van der Waals surface area contributed by atoms with Crippen molar-refractivity contribution in [1.82, 2.24) is 0 Å². The number of anilines is 3. The van der Waals surface area contributed by atoms with E-state index in [0.29, 0.717) is 0 Å². The predicted molar refractivity (Wildman–Crippen MR) is 307 cm³/mol. The summed E-state index contributed by atoms with van der Waals surface area (Å²) in [6.45, 7) is 4.74. The van der Waals surface area contributed by atoms with Gasteiger partial charge in [0.1, 0.15) is 0 Å². The summed E-state index contributed by atoms with van der Waals surface area (Å²) in [7, 11) is 0. The molecule has 0 fully saturated rings. The van der Waals surface area contributed by atoms with Gasteiger partial charge >= 0.3 is 0 Å². The van der Waals surface area contributed by atoms with Gasteiger partial charge in [0.2, 0.25) is 0 Å². The minimum Gasteiger partial charge on any atom is -0.309 e. The zero-order chi connectivity index (χ0) is 48.7. The predicted octanol–water partition coefficient (Wildman–Crippen LogP) is 19.1. The van der Waals surface area contributed by atoms with Gasteiger partial charge in [-0.3, -0.25) is 0 Å². The van der Waals surface area contributed by atoms with Gasteiger partial charge in [-0.25, -0.2) is 0 Å². The van der Waals surface area contributed by atoms with Crippen molar-refractivity contribution in [2.45, 2.75) is 24.7 Å². The van der Waals surface area contributed by atoms with E-state index in [1.807, 2.05) is 0 Å². The van der Waals surface area contributed by atoms with Crippen molar-refractivity contribution in [3.63, 3.8) is 0 Å². The molecule has 0 saturated heterocycles. The van der Waals surface area contributed by atoms with E-state index in [1.165, 1.54) is 105 Å². The van der Waals surface area contributed by atoms with Crippen LogP contribution in [0.3, 0.4) is 0 Å². The van der Waals surface area contributed by atoms with E-state index in [9.17, 15) is 0 Å². The lowest BCUT2D eigenvalue weighted by atomic mass is 9.68. The average Bonchev–Trinajstić information content (AvgIpc) is 3.90. The lowest BCUT2D eigenvalue weighted by Crippen LogP contribution is -2.28. The van der Waals surface area contributed by atoms with E-state index in [2.05, 4.69) is 292 Å². The van der Waals surface area contributed by atoms with Gasteiger partial charge in [-0.1, -0.05) is 263 Å². The molecule has 73 heavy (non-hydrogen) atoms. The molecule has 1 nitrogen and oxygen atoms in total. The second-order valence-electron chi connectivity index (χ2n) is 20.3. The monoisotopic (exact) mass is 929 g/mol. The van der Waals surface area contributed by atoms with Gasteiger partial charge in [-0.05, 0) is 118 Å². The van der Waals surface area contributed by atoms with E-state index in [-0.39, 0.29) is 5.41 Å². The maximum Gasteiger partial charge on any atom is 0.0713 e. The lowest BCUT2D eigenvalue weighted by molar-refractivity contribution is 0.660. The van der Waals surface area contributed by atoms with Gasteiger partial charge in [-0.2, -0.15) is 0 Å². The molecule has 0 saturated carbocycles. The summed E-state index contributed by atoms with van der Waals surface area (Å²) in [5.74, 6) is 0. The first-order chi connectivity index (χ1) is 36.0. The van der Waals surface area contributed by atoms with Crippen molar-refractivity contribution >= 4 is 38.6 Å². The van der Waals surface area contributed by atoms with Crippen LogP contribution in [-0.2, 0) is 10.8 Å². The molecule has 0 atom stereocenters. The number of fused-ring (bicyclic) bond motifs is 9. The van der Waals surface area contributed by atoms with E-state index >= 15 is 0 Å². The molecule has 2 aliphatic rings. The highest BCUT2D eigenvalue weighted by Crippen LogP contribution is 2.59. The summed E-state index contributed by atoms with van der Waals surface area (Å²) in [4.78, 5) is 2.62. The second-order valence-corrected chi connectivity index (χ2v) is 20.3. The molecule has 2 aliphatic carbocycles. The molecule has 0 heterocycles. The van der Waals surface area contributed by atoms with Crippen LogP contribution in [0.1, 0.15) is 47.2 Å². The van der Waals surface area contributed by atoms with E-state index in [4.69, 9.17) is 0 Å². The lowest BCUT2D eigenvalue weighted by Gasteiger charge is -2.35. The van der Waals surface area contributed by atoms with Crippen molar-refractivity contribution in [2.75, 3.05) is 4.90 Å². The fourth-order valence-corrected chi connectivity index (χ4v) is 13.0. The maximum absolute atomic E-state index is 2.62. The third-order valence-corrected chi connectivity index (χ3v) is 16.1. The third kappa shape index (κ3) is 6.42. The Hall–Kier alpha value is -9.04. The molecule has 0 bridgehead atoms. The first kappa shape index (κ1) is 42.8. The Bertz CT molecular complexity index is 4060. The summed E-state index contributed by atoms with van der Waals surface area (Å²) in [5, 5.41) is 4.85. The van der Waals surface area contributed by atoms with E-state index in [1.54, 1.807) is 0 Å². The summed E-state index contributed by atoms with van der Waals surface area (Å²) in [6, 6.07) is 102. The van der Waals surface area contributed by atoms with Crippen LogP contribution in [0.2, 0.25) is 0 Å². The Morgan fingerprint density at radius 1 is 0.288 bits per heavy atom. The normalized spacial score (nSPS) is 13.6. The smallest absolute Gasteiger partial charge is 0.0713 e. The summed E-state index contributed by atoms with van der Waals surface area (Å²) in [6.07, 6.45) is 0. The van der Waals surface area contributed by atoms with Gasteiger partial charge in [0.05, 0.1) is 16.8 Å². The Kier molecular flexibility index (Phi) is 9.85. The molecule has 14 rings (SSSR count). The van der Waals surface area contributed by atoms with Gasteiger partial charge in [0.15, 0.2) is 0 Å². The van der Waals surface area contributed by atoms with Gasteiger partial charge in [0.25, 0.3) is 0 Å². The van der Waals surface area contributed by atoms with Crippen molar-refractivity contribution in [2.24, 2.45) is 0 Å². The molecule has 0 unspecified atom stereocenters. The molecule has 12 aromatic rings. The summed E-state index contributed by atoms with van der Waals surface area (Å²) < 4.78 is 0. The van der Waals surface area contributed by atoms with E-state index in [0.717, 1.165) is 22.6 Å². The van der Waals surface area contributed by atoms with Crippen LogP contribution in [0.15, 0.2) is 273 Å². The molecule has 12 aromatic carbocycles. The Morgan fingerprint density at radius 2 is 0.753 bits per heavy atom. The van der Waals surface area contributed by atoms with Crippen LogP contribution in [0.5, 0.6) is 0 Å². The Labute approximate surface area is 428 Å². The molecule has 0 N–H and O–H groups in total. The van der Waals surface area contributed by atoms with Crippen LogP contribution in [0.4, 0.5) is 17.1 Å². The number of hydrogen-bond donors (Lipinski definition) is 0. The molecule has 0 aromatic heterocycles. The molecule has 0 spiro atoms. The van der Waals surface area contributed by atoms with Gasteiger partial charge < -0.3 is 4.90 Å². The zero-order valence-corrected chi connectivity index (χ0v) is 40.9. The highest BCUT2D eigenvalue weighted by molar-refractivity contribution is 6.23. The average molecular weight is 930 g/mol. The molecule has 1 heteroatoms. The first-order valence-electron chi connectivity index (χ1n) is 25.6.